The van der Waals surface area contributed by atoms with Crippen LogP contribution in [0.2, 0.25) is 0 Å². The number of amides is 1. The number of nitro benzene ring substituents is 1. The Kier molecular flexibility index (Phi) is 4.02. The van der Waals surface area contributed by atoms with Gasteiger partial charge in [-0.25, -0.2) is 0 Å². The molecule has 2 aromatic rings. The van der Waals surface area contributed by atoms with Gasteiger partial charge in [0.15, 0.2) is 0 Å². The molecule has 1 amide bonds. The first-order valence-corrected chi connectivity index (χ1v) is 6.36. The summed E-state index contributed by atoms with van der Waals surface area (Å²) in [5, 5.41) is 14.6. The van der Waals surface area contributed by atoms with Gasteiger partial charge in [0.2, 0.25) is 0 Å². The van der Waals surface area contributed by atoms with E-state index in [9.17, 15) is 14.9 Å². The van der Waals surface area contributed by atoms with E-state index in [2.05, 4.69) is 10.3 Å². The lowest BCUT2D eigenvalue weighted by Crippen LogP contribution is -2.31. The third-order valence-corrected chi connectivity index (χ3v) is 2.92. The number of benzene rings is 1. The van der Waals surface area contributed by atoms with Crippen molar-refractivity contribution in [1.29, 1.82) is 0 Å². The largest absolute Gasteiger partial charge is 0.496 e. The second kappa shape index (κ2) is 5.74. The minimum Gasteiger partial charge on any atom is -0.496 e. The highest BCUT2D eigenvalue weighted by molar-refractivity contribution is 6.10. The Morgan fingerprint density at radius 1 is 1.38 bits per heavy atom. The molecular formula is C14H15N3O4. The smallest absolute Gasteiger partial charge is 0.279 e. The predicted octanol–water partition coefficient (Wildman–Crippen LogP) is 2.29. The van der Waals surface area contributed by atoms with Crippen molar-refractivity contribution < 1.29 is 14.5 Å². The number of carbonyl (C=O) groups excluding carboxylic acids is 1. The molecular weight excluding hydrogens is 274 g/mol. The highest BCUT2D eigenvalue weighted by atomic mass is 16.6. The van der Waals surface area contributed by atoms with E-state index in [1.807, 2.05) is 0 Å². The zero-order valence-electron chi connectivity index (χ0n) is 11.9. The molecule has 2 rings (SSSR count). The van der Waals surface area contributed by atoms with Crippen LogP contribution in [-0.4, -0.2) is 29.0 Å². The van der Waals surface area contributed by atoms with Gasteiger partial charge < -0.3 is 10.1 Å². The van der Waals surface area contributed by atoms with Gasteiger partial charge in [0.1, 0.15) is 11.4 Å². The van der Waals surface area contributed by atoms with Crippen molar-refractivity contribution in [3.63, 3.8) is 0 Å². The number of ether oxygens (including phenoxy) is 1. The Morgan fingerprint density at radius 3 is 2.67 bits per heavy atom. The number of hydrogen-bond acceptors (Lipinski definition) is 5. The van der Waals surface area contributed by atoms with Crippen molar-refractivity contribution >= 4 is 22.4 Å². The predicted molar refractivity (Wildman–Crippen MR) is 77.6 cm³/mol. The lowest BCUT2D eigenvalue weighted by Gasteiger charge is -2.11. The molecule has 1 N–H and O–H groups in total. The van der Waals surface area contributed by atoms with Crippen LogP contribution in [-0.2, 0) is 0 Å². The van der Waals surface area contributed by atoms with Crippen LogP contribution in [0.4, 0.5) is 5.69 Å². The van der Waals surface area contributed by atoms with E-state index in [-0.39, 0.29) is 22.8 Å². The molecule has 0 unspecified atom stereocenters. The lowest BCUT2D eigenvalue weighted by atomic mass is 10.1. The first-order valence-electron chi connectivity index (χ1n) is 6.36. The van der Waals surface area contributed by atoms with Crippen molar-refractivity contribution in [3.8, 4) is 5.75 Å². The number of rotatable bonds is 4. The topological polar surface area (TPSA) is 94.4 Å². The molecule has 110 valence electrons. The number of pyridine rings is 1. The normalized spacial score (nSPS) is 10.7. The Bertz CT molecular complexity index is 713. The van der Waals surface area contributed by atoms with Crippen molar-refractivity contribution in [3.05, 3.63) is 40.2 Å². The maximum atomic E-state index is 12.2. The van der Waals surface area contributed by atoms with Gasteiger partial charge in [-0.1, -0.05) is 0 Å². The van der Waals surface area contributed by atoms with E-state index in [0.717, 1.165) is 0 Å². The fourth-order valence-corrected chi connectivity index (χ4v) is 2.09. The molecule has 0 aliphatic rings. The molecule has 0 radical (unpaired) electrons. The van der Waals surface area contributed by atoms with Crippen LogP contribution in [0.5, 0.6) is 5.75 Å². The average molecular weight is 289 g/mol. The van der Waals surface area contributed by atoms with E-state index in [0.29, 0.717) is 11.1 Å². The summed E-state index contributed by atoms with van der Waals surface area (Å²) in [5.74, 6) is 0.00329. The number of fused-ring (bicyclic) bond motifs is 1. The van der Waals surface area contributed by atoms with Crippen molar-refractivity contribution in [2.75, 3.05) is 7.11 Å². The molecule has 0 saturated heterocycles. The zero-order chi connectivity index (χ0) is 15.6. The maximum Gasteiger partial charge on any atom is 0.279 e. The van der Waals surface area contributed by atoms with Gasteiger partial charge in [0.25, 0.3) is 11.6 Å². The Morgan fingerprint density at radius 2 is 2.10 bits per heavy atom. The second-order valence-corrected chi connectivity index (χ2v) is 4.75. The number of nitrogens with one attached hydrogen (secondary N) is 1. The molecule has 1 aromatic carbocycles. The van der Waals surface area contributed by atoms with Crippen molar-refractivity contribution in [2.45, 2.75) is 19.9 Å². The van der Waals surface area contributed by atoms with Crippen LogP contribution in [0.25, 0.3) is 10.8 Å². The summed E-state index contributed by atoms with van der Waals surface area (Å²) in [5.41, 5.74) is -0.153. The second-order valence-electron chi connectivity index (χ2n) is 4.75. The standard InChI is InChI=1S/C14H15N3O4/c1-8(2)16-14(18)13-12-9(6-7-15-13)11(21-3)5-4-10(12)17(19)20/h4-8H,1-3H3,(H,16,18). The zero-order valence-corrected chi connectivity index (χ0v) is 11.9. The van der Waals surface area contributed by atoms with Crippen LogP contribution in [0, 0.1) is 10.1 Å². The first kappa shape index (κ1) is 14.7. The van der Waals surface area contributed by atoms with Crippen molar-refractivity contribution in [2.24, 2.45) is 0 Å². The maximum absolute atomic E-state index is 12.2. The van der Waals surface area contributed by atoms with Crippen LogP contribution in [0.1, 0.15) is 24.3 Å². The lowest BCUT2D eigenvalue weighted by molar-refractivity contribution is -0.383. The molecule has 21 heavy (non-hydrogen) atoms. The summed E-state index contributed by atoms with van der Waals surface area (Å²) in [6.45, 7) is 3.61. The minimum atomic E-state index is -0.532. The molecule has 1 heterocycles. The molecule has 7 nitrogen and oxygen atoms in total. The molecule has 0 bridgehead atoms. The first-order chi connectivity index (χ1) is 9.95. The van der Waals surface area contributed by atoms with E-state index < -0.39 is 10.8 Å². The van der Waals surface area contributed by atoms with E-state index in [1.165, 1.54) is 25.4 Å². The number of carbonyl (C=O) groups is 1. The van der Waals surface area contributed by atoms with E-state index >= 15 is 0 Å². The molecule has 1 aromatic heterocycles. The molecule has 0 aliphatic heterocycles. The van der Waals surface area contributed by atoms with Crippen LogP contribution < -0.4 is 10.1 Å². The summed E-state index contributed by atoms with van der Waals surface area (Å²) in [4.78, 5) is 26.9. The number of aromatic nitrogens is 1. The quantitative estimate of drug-likeness (QED) is 0.688. The van der Waals surface area contributed by atoms with Gasteiger partial charge in [0.05, 0.1) is 17.4 Å². The molecule has 0 aliphatic carbocycles. The van der Waals surface area contributed by atoms with Crippen LogP contribution in [0.15, 0.2) is 24.4 Å². The number of non-ortho nitro benzene ring substituents is 1. The monoisotopic (exact) mass is 289 g/mol. The molecule has 0 saturated carbocycles. The van der Waals surface area contributed by atoms with E-state index in [1.54, 1.807) is 19.9 Å². The summed E-state index contributed by atoms with van der Waals surface area (Å²) in [7, 11) is 1.47. The highest BCUT2D eigenvalue weighted by Crippen LogP contribution is 2.34. The third kappa shape index (κ3) is 2.76. The Labute approximate surface area is 121 Å². The highest BCUT2D eigenvalue weighted by Gasteiger charge is 2.23. The Hall–Kier alpha value is -2.70. The summed E-state index contributed by atoms with van der Waals surface area (Å²) >= 11 is 0. The third-order valence-electron chi connectivity index (χ3n) is 2.92. The van der Waals surface area contributed by atoms with Gasteiger partial charge >= 0.3 is 0 Å². The van der Waals surface area contributed by atoms with E-state index in [4.69, 9.17) is 4.74 Å². The Balaban J connectivity index is 2.76. The van der Waals surface area contributed by atoms with Gasteiger partial charge in [-0.05, 0) is 26.0 Å². The van der Waals surface area contributed by atoms with Gasteiger partial charge in [0, 0.05) is 23.7 Å². The van der Waals surface area contributed by atoms with Crippen LogP contribution >= 0.6 is 0 Å². The molecule has 0 atom stereocenters. The van der Waals surface area contributed by atoms with Gasteiger partial charge in [-0.3, -0.25) is 19.9 Å². The number of methoxy groups -OCH3 is 1. The SMILES string of the molecule is COc1ccc([N+](=O)[O-])c2c(C(=O)NC(C)C)nccc12. The molecule has 0 spiro atoms. The van der Waals surface area contributed by atoms with Crippen molar-refractivity contribution in [1.82, 2.24) is 10.3 Å². The number of nitrogens with zero attached hydrogens (tertiary/aromatic N) is 2. The summed E-state index contributed by atoms with van der Waals surface area (Å²) in [6.07, 6.45) is 1.43. The van der Waals surface area contributed by atoms with Crippen LogP contribution in [0.3, 0.4) is 0 Å². The fourth-order valence-electron chi connectivity index (χ4n) is 2.09. The average Bonchev–Trinajstić information content (AvgIpc) is 2.44. The van der Waals surface area contributed by atoms with Gasteiger partial charge in [-0.15, -0.1) is 0 Å². The summed E-state index contributed by atoms with van der Waals surface area (Å²) < 4.78 is 5.20. The van der Waals surface area contributed by atoms with Gasteiger partial charge in [-0.2, -0.15) is 0 Å². The number of nitro groups is 1. The minimum absolute atomic E-state index is 0.0202. The number of hydrogen-bond donors (Lipinski definition) is 1. The molecule has 7 heteroatoms. The fraction of sp³-hybridized carbons (Fsp3) is 0.286. The molecule has 0 fully saturated rings. The summed E-state index contributed by atoms with van der Waals surface area (Å²) in [6, 6.07) is 4.31.